The van der Waals surface area contributed by atoms with Crippen LogP contribution in [0.4, 0.5) is 8.78 Å². The molecule has 0 spiro atoms. The third-order valence-electron chi connectivity index (χ3n) is 3.98. The van der Waals surface area contributed by atoms with Gasteiger partial charge >= 0.3 is 0 Å². The highest BCUT2D eigenvalue weighted by molar-refractivity contribution is 6.30. The Morgan fingerprint density at radius 3 is 2.64 bits per heavy atom. The van der Waals surface area contributed by atoms with Crippen molar-refractivity contribution in [1.82, 2.24) is 20.8 Å². The summed E-state index contributed by atoms with van der Waals surface area (Å²) in [5, 5.41) is 10.6. The molecule has 2 aromatic carbocycles. The Labute approximate surface area is 165 Å². The summed E-state index contributed by atoms with van der Waals surface area (Å²) in [5.41, 5.74) is 1.11. The fourth-order valence-corrected chi connectivity index (χ4v) is 2.66. The van der Waals surface area contributed by atoms with Crippen molar-refractivity contribution >= 4 is 17.6 Å². The summed E-state index contributed by atoms with van der Waals surface area (Å²) in [6.45, 7) is 1.97. The van der Waals surface area contributed by atoms with Gasteiger partial charge in [0.05, 0.1) is 12.6 Å². The number of aromatic nitrogens is 2. The fourth-order valence-electron chi connectivity index (χ4n) is 2.53. The first kappa shape index (κ1) is 19.8. The zero-order valence-electron chi connectivity index (χ0n) is 15.2. The second kappa shape index (κ2) is 8.79. The lowest BCUT2D eigenvalue weighted by atomic mass is 10.1. The standard InChI is InChI=1S/C19H18ClF2N5O/c1-11(15-8-7-14(21)9-16(15)22)25-19(23-2)24-10-17-26-18(27-28-17)12-3-5-13(20)6-4-12/h3-9,11H,10H2,1-2H3,(H2,23,24,25). The van der Waals surface area contributed by atoms with Crippen LogP contribution in [-0.2, 0) is 6.54 Å². The predicted molar refractivity (Wildman–Crippen MR) is 103 cm³/mol. The first-order valence-corrected chi connectivity index (χ1v) is 8.84. The SMILES string of the molecule is CN=C(NCc1nc(-c2ccc(Cl)cc2)no1)NC(C)c1ccc(F)cc1F. The lowest BCUT2D eigenvalue weighted by Crippen LogP contribution is -2.38. The third kappa shape index (κ3) is 4.83. The van der Waals surface area contributed by atoms with Crippen molar-refractivity contribution in [3.8, 4) is 11.4 Å². The minimum atomic E-state index is -0.625. The molecule has 1 unspecified atom stereocenters. The summed E-state index contributed by atoms with van der Waals surface area (Å²) >= 11 is 5.87. The maximum absolute atomic E-state index is 13.9. The van der Waals surface area contributed by atoms with E-state index in [0.29, 0.717) is 28.3 Å². The van der Waals surface area contributed by atoms with Gasteiger partial charge in [-0.25, -0.2) is 8.78 Å². The molecule has 0 fully saturated rings. The van der Waals surface area contributed by atoms with E-state index in [9.17, 15) is 8.78 Å². The van der Waals surface area contributed by atoms with E-state index in [1.807, 2.05) is 0 Å². The molecule has 3 aromatic rings. The van der Waals surface area contributed by atoms with Crippen LogP contribution in [0.1, 0.15) is 24.4 Å². The van der Waals surface area contributed by atoms with E-state index in [1.54, 1.807) is 38.2 Å². The summed E-state index contributed by atoms with van der Waals surface area (Å²) in [4.78, 5) is 8.39. The monoisotopic (exact) mass is 405 g/mol. The van der Waals surface area contributed by atoms with Gasteiger partial charge in [0.1, 0.15) is 11.6 Å². The quantitative estimate of drug-likeness (QED) is 0.494. The number of benzene rings is 2. The molecule has 6 nitrogen and oxygen atoms in total. The largest absolute Gasteiger partial charge is 0.350 e. The van der Waals surface area contributed by atoms with Crippen molar-refractivity contribution in [3.05, 3.63) is 70.6 Å². The maximum atomic E-state index is 13.9. The molecule has 1 heterocycles. The number of hydrogen-bond donors (Lipinski definition) is 2. The fraction of sp³-hybridized carbons (Fsp3) is 0.211. The highest BCUT2D eigenvalue weighted by Gasteiger charge is 2.14. The van der Waals surface area contributed by atoms with Gasteiger partial charge in [-0.2, -0.15) is 4.98 Å². The molecule has 3 rings (SSSR count). The molecule has 0 aliphatic rings. The van der Waals surface area contributed by atoms with Gasteiger partial charge in [0, 0.05) is 29.3 Å². The second-order valence-electron chi connectivity index (χ2n) is 5.98. The topological polar surface area (TPSA) is 75.3 Å². The lowest BCUT2D eigenvalue weighted by Gasteiger charge is -2.18. The minimum absolute atomic E-state index is 0.221. The molecule has 0 aliphatic heterocycles. The Bertz CT molecular complexity index is 975. The molecule has 0 bridgehead atoms. The smallest absolute Gasteiger partial charge is 0.246 e. The molecule has 2 N–H and O–H groups in total. The Morgan fingerprint density at radius 2 is 1.96 bits per heavy atom. The van der Waals surface area contributed by atoms with Crippen LogP contribution in [0.15, 0.2) is 52.0 Å². The maximum Gasteiger partial charge on any atom is 0.246 e. The third-order valence-corrected chi connectivity index (χ3v) is 4.24. The van der Waals surface area contributed by atoms with E-state index in [4.69, 9.17) is 16.1 Å². The molecule has 1 atom stereocenters. The number of aliphatic imine (C=N–C) groups is 1. The van der Waals surface area contributed by atoms with Crippen molar-refractivity contribution in [1.29, 1.82) is 0 Å². The predicted octanol–water partition coefficient (Wildman–Crippen LogP) is 4.09. The van der Waals surface area contributed by atoms with E-state index in [1.165, 1.54) is 12.1 Å². The molecule has 28 heavy (non-hydrogen) atoms. The van der Waals surface area contributed by atoms with Crippen molar-refractivity contribution in [2.45, 2.75) is 19.5 Å². The molecular weight excluding hydrogens is 388 g/mol. The van der Waals surface area contributed by atoms with Crippen molar-refractivity contribution in [3.63, 3.8) is 0 Å². The van der Waals surface area contributed by atoms with Gasteiger partial charge in [-0.3, -0.25) is 4.99 Å². The molecule has 0 aliphatic carbocycles. The number of halogens is 3. The highest BCUT2D eigenvalue weighted by Crippen LogP contribution is 2.19. The Balaban J connectivity index is 1.60. The van der Waals surface area contributed by atoms with E-state index in [0.717, 1.165) is 11.6 Å². The van der Waals surface area contributed by atoms with Gasteiger partial charge in [0.25, 0.3) is 0 Å². The van der Waals surface area contributed by atoms with Crippen LogP contribution in [0.5, 0.6) is 0 Å². The summed E-state index contributed by atoms with van der Waals surface area (Å²) < 4.78 is 32.2. The van der Waals surface area contributed by atoms with Gasteiger partial charge in [-0.05, 0) is 37.3 Å². The van der Waals surface area contributed by atoms with E-state index >= 15 is 0 Å². The Morgan fingerprint density at radius 1 is 1.21 bits per heavy atom. The Hall–Kier alpha value is -3.00. The van der Waals surface area contributed by atoms with Gasteiger partial charge < -0.3 is 15.2 Å². The van der Waals surface area contributed by atoms with E-state index in [-0.39, 0.29) is 6.54 Å². The number of guanidine groups is 1. The van der Waals surface area contributed by atoms with Crippen LogP contribution in [0.3, 0.4) is 0 Å². The average Bonchev–Trinajstić information content (AvgIpc) is 3.14. The molecular formula is C19H18ClF2N5O. The van der Waals surface area contributed by atoms with E-state index in [2.05, 4.69) is 25.8 Å². The first-order chi connectivity index (χ1) is 13.5. The Kier molecular flexibility index (Phi) is 6.20. The first-order valence-electron chi connectivity index (χ1n) is 8.47. The van der Waals surface area contributed by atoms with Crippen LogP contribution in [0, 0.1) is 11.6 Å². The van der Waals surface area contributed by atoms with Crippen LogP contribution < -0.4 is 10.6 Å². The van der Waals surface area contributed by atoms with Crippen molar-refractivity contribution in [2.24, 2.45) is 4.99 Å². The molecule has 1 aromatic heterocycles. The highest BCUT2D eigenvalue weighted by atomic mass is 35.5. The van der Waals surface area contributed by atoms with Crippen LogP contribution in [-0.4, -0.2) is 23.1 Å². The second-order valence-corrected chi connectivity index (χ2v) is 6.41. The summed E-state index contributed by atoms with van der Waals surface area (Å²) in [7, 11) is 1.58. The summed E-state index contributed by atoms with van der Waals surface area (Å²) in [6.07, 6.45) is 0. The number of rotatable bonds is 5. The van der Waals surface area contributed by atoms with Crippen LogP contribution in [0.2, 0.25) is 5.02 Å². The van der Waals surface area contributed by atoms with Gasteiger partial charge in [0.15, 0.2) is 5.96 Å². The molecule has 0 saturated heterocycles. The van der Waals surface area contributed by atoms with E-state index < -0.39 is 17.7 Å². The van der Waals surface area contributed by atoms with Crippen molar-refractivity contribution in [2.75, 3.05) is 7.05 Å². The molecule has 0 amide bonds. The number of hydrogen-bond acceptors (Lipinski definition) is 4. The number of nitrogens with one attached hydrogen (secondary N) is 2. The zero-order valence-corrected chi connectivity index (χ0v) is 16.0. The van der Waals surface area contributed by atoms with Crippen LogP contribution in [0.25, 0.3) is 11.4 Å². The summed E-state index contributed by atoms with van der Waals surface area (Å²) in [6, 6.07) is 10.1. The normalized spacial score (nSPS) is 12.7. The van der Waals surface area contributed by atoms with Gasteiger partial charge in [-0.15, -0.1) is 0 Å². The molecule has 9 heteroatoms. The molecule has 0 saturated carbocycles. The minimum Gasteiger partial charge on any atom is -0.350 e. The molecule has 146 valence electrons. The lowest BCUT2D eigenvalue weighted by molar-refractivity contribution is 0.375. The van der Waals surface area contributed by atoms with Crippen molar-refractivity contribution < 1.29 is 13.3 Å². The van der Waals surface area contributed by atoms with Gasteiger partial charge in [0.2, 0.25) is 11.7 Å². The summed E-state index contributed by atoms with van der Waals surface area (Å²) in [5.74, 6) is -0.0436. The number of nitrogens with zero attached hydrogens (tertiary/aromatic N) is 3. The van der Waals surface area contributed by atoms with Gasteiger partial charge in [-0.1, -0.05) is 22.8 Å². The van der Waals surface area contributed by atoms with Crippen LogP contribution >= 0.6 is 11.6 Å². The average molecular weight is 406 g/mol. The molecule has 0 radical (unpaired) electrons. The zero-order chi connectivity index (χ0) is 20.1.